The molecule has 3 heteroatoms. The third kappa shape index (κ3) is 3.47. The zero-order valence-electron chi connectivity index (χ0n) is 11.0. The molecule has 2 rings (SSSR count). The van der Waals surface area contributed by atoms with Crippen molar-refractivity contribution in [2.45, 2.75) is 45.6 Å². The monoisotopic (exact) mass is 313 g/mol. The summed E-state index contributed by atoms with van der Waals surface area (Å²) in [6.45, 7) is 4.60. The molecule has 0 aliphatic heterocycles. The van der Waals surface area contributed by atoms with E-state index in [0.29, 0.717) is 11.7 Å². The van der Waals surface area contributed by atoms with Crippen molar-refractivity contribution in [2.75, 3.05) is 5.32 Å². The average molecular weight is 314 g/mol. The number of hydrogen-bond donors (Lipinski definition) is 1. The maximum absolute atomic E-state index is 13.6. The molecule has 1 aliphatic carbocycles. The van der Waals surface area contributed by atoms with Gasteiger partial charge in [0, 0.05) is 10.5 Å². The maximum atomic E-state index is 13.6. The van der Waals surface area contributed by atoms with Crippen LogP contribution >= 0.6 is 15.9 Å². The van der Waals surface area contributed by atoms with Gasteiger partial charge in [0.1, 0.15) is 5.82 Å². The van der Waals surface area contributed by atoms with Gasteiger partial charge in [-0.25, -0.2) is 4.39 Å². The van der Waals surface area contributed by atoms with Gasteiger partial charge < -0.3 is 5.32 Å². The van der Waals surface area contributed by atoms with E-state index in [1.807, 2.05) is 6.07 Å². The Balaban J connectivity index is 1.93. The van der Waals surface area contributed by atoms with Crippen molar-refractivity contribution in [1.29, 1.82) is 0 Å². The lowest BCUT2D eigenvalue weighted by Gasteiger charge is -2.32. The Hall–Kier alpha value is -0.570. The van der Waals surface area contributed by atoms with Gasteiger partial charge in [0.05, 0.1) is 5.69 Å². The van der Waals surface area contributed by atoms with Gasteiger partial charge in [-0.15, -0.1) is 0 Å². The Labute approximate surface area is 117 Å². The van der Waals surface area contributed by atoms with Crippen LogP contribution in [0.3, 0.4) is 0 Å². The van der Waals surface area contributed by atoms with Crippen molar-refractivity contribution in [1.82, 2.24) is 0 Å². The maximum Gasteiger partial charge on any atom is 0.146 e. The summed E-state index contributed by atoms with van der Waals surface area (Å²) in [7, 11) is 0. The lowest BCUT2D eigenvalue weighted by molar-refractivity contribution is 0.266. The van der Waals surface area contributed by atoms with Gasteiger partial charge in [0.2, 0.25) is 0 Å². The van der Waals surface area contributed by atoms with Gasteiger partial charge in [-0.05, 0) is 55.7 Å². The average Bonchev–Trinajstić information content (AvgIpc) is 2.34. The number of rotatable bonds is 3. The fourth-order valence-corrected chi connectivity index (χ4v) is 3.12. The molecule has 0 amide bonds. The third-order valence-corrected chi connectivity index (χ3v) is 4.50. The van der Waals surface area contributed by atoms with Crippen LogP contribution in [0, 0.1) is 17.7 Å². The van der Waals surface area contributed by atoms with E-state index >= 15 is 0 Å². The Bertz CT molecular complexity index is 397. The van der Waals surface area contributed by atoms with Crippen LogP contribution in [0.2, 0.25) is 0 Å². The quantitative estimate of drug-likeness (QED) is 0.807. The minimum absolute atomic E-state index is 0.163. The molecule has 0 radical (unpaired) electrons. The molecular formula is C15H21BrFN. The molecule has 0 saturated heterocycles. The van der Waals surface area contributed by atoms with E-state index in [9.17, 15) is 4.39 Å². The molecule has 1 aromatic rings. The standard InChI is InChI=1S/C15H21BrFN/c1-10(2)11-3-6-13(7-4-11)18-15-9-12(16)5-8-14(15)17/h5,8-11,13,18H,3-4,6-7H2,1-2H3. The van der Waals surface area contributed by atoms with Crippen LogP contribution in [0.25, 0.3) is 0 Å². The highest BCUT2D eigenvalue weighted by Gasteiger charge is 2.23. The molecule has 0 spiro atoms. The van der Waals surface area contributed by atoms with Gasteiger partial charge in [-0.2, -0.15) is 0 Å². The Morgan fingerprint density at radius 1 is 1.22 bits per heavy atom. The fraction of sp³-hybridized carbons (Fsp3) is 0.600. The first-order valence-corrected chi connectivity index (χ1v) is 7.57. The highest BCUT2D eigenvalue weighted by Crippen LogP contribution is 2.32. The number of benzene rings is 1. The van der Waals surface area contributed by atoms with Gasteiger partial charge in [-0.1, -0.05) is 29.8 Å². The van der Waals surface area contributed by atoms with Gasteiger partial charge in [0.15, 0.2) is 0 Å². The summed E-state index contributed by atoms with van der Waals surface area (Å²) in [4.78, 5) is 0. The first-order valence-electron chi connectivity index (χ1n) is 6.78. The van der Waals surface area contributed by atoms with Crippen molar-refractivity contribution in [3.8, 4) is 0 Å². The predicted molar refractivity (Wildman–Crippen MR) is 78.3 cm³/mol. The summed E-state index contributed by atoms with van der Waals surface area (Å²) in [6.07, 6.45) is 4.81. The van der Waals surface area contributed by atoms with Crippen molar-refractivity contribution in [2.24, 2.45) is 11.8 Å². The molecule has 0 heterocycles. The van der Waals surface area contributed by atoms with E-state index in [2.05, 4.69) is 35.1 Å². The highest BCUT2D eigenvalue weighted by molar-refractivity contribution is 9.10. The Kier molecular flexibility index (Phi) is 4.66. The molecule has 1 N–H and O–H groups in total. The van der Waals surface area contributed by atoms with Crippen LogP contribution < -0.4 is 5.32 Å². The lowest BCUT2D eigenvalue weighted by atomic mass is 9.79. The zero-order valence-corrected chi connectivity index (χ0v) is 12.6. The summed E-state index contributed by atoms with van der Waals surface area (Å²) in [5, 5.41) is 3.34. The molecule has 1 aromatic carbocycles. The summed E-state index contributed by atoms with van der Waals surface area (Å²) < 4.78 is 14.6. The molecule has 18 heavy (non-hydrogen) atoms. The van der Waals surface area contributed by atoms with Gasteiger partial charge in [0.25, 0.3) is 0 Å². The summed E-state index contributed by atoms with van der Waals surface area (Å²) in [5.41, 5.74) is 0.623. The first kappa shape index (κ1) is 13.9. The SMILES string of the molecule is CC(C)C1CCC(Nc2cc(Br)ccc2F)CC1. The second kappa shape index (κ2) is 6.05. The molecule has 0 aromatic heterocycles. The second-order valence-electron chi connectivity index (χ2n) is 5.62. The second-order valence-corrected chi connectivity index (χ2v) is 6.54. The molecule has 0 unspecified atom stereocenters. The third-order valence-electron chi connectivity index (χ3n) is 4.00. The van der Waals surface area contributed by atoms with Crippen LogP contribution in [0.1, 0.15) is 39.5 Å². The van der Waals surface area contributed by atoms with Crippen molar-refractivity contribution in [3.05, 3.63) is 28.5 Å². The smallest absolute Gasteiger partial charge is 0.146 e. The molecule has 1 nitrogen and oxygen atoms in total. The van der Waals surface area contributed by atoms with E-state index in [-0.39, 0.29) is 5.82 Å². The van der Waals surface area contributed by atoms with Crippen LogP contribution in [-0.2, 0) is 0 Å². The van der Waals surface area contributed by atoms with Gasteiger partial charge in [-0.3, -0.25) is 0 Å². The fourth-order valence-electron chi connectivity index (χ4n) is 2.76. The molecular weight excluding hydrogens is 293 g/mol. The van der Waals surface area contributed by atoms with E-state index in [0.717, 1.165) is 29.2 Å². The Morgan fingerprint density at radius 3 is 2.50 bits per heavy atom. The van der Waals surface area contributed by atoms with Crippen LogP contribution in [0.4, 0.5) is 10.1 Å². The van der Waals surface area contributed by atoms with Crippen molar-refractivity contribution >= 4 is 21.6 Å². The van der Waals surface area contributed by atoms with E-state index in [1.165, 1.54) is 18.9 Å². The molecule has 1 saturated carbocycles. The number of nitrogens with one attached hydrogen (secondary N) is 1. The minimum Gasteiger partial charge on any atom is -0.380 e. The summed E-state index contributed by atoms with van der Waals surface area (Å²) >= 11 is 3.38. The number of halogens is 2. The molecule has 100 valence electrons. The highest BCUT2D eigenvalue weighted by atomic mass is 79.9. The van der Waals surface area contributed by atoms with E-state index in [4.69, 9.17) is 0 Å². The number of anilines is 1. The molecule has 1 aliphatic rings. The van der Waals surface area contributed by atoms with Gasteiger partial charge >= 0.3 is 0 Å². The minimum atomic E-state index is -0.163. The molecule has 0 atom stereocenters. The zero-order chi connectivity index (χ0) is 13.1. The topological polar surface area (TPSA) is 12.0 Å². The van der Waals surface area contributed by atoms with Crippen LogP contribution in [0.15, 0.2) is 22.7 Å². The number of hydrogen-bond acceptors (Lipinski definition) is 1. The van der Waals surface area contributed by atoms with Crippen molar-refractivity contribution in [3.63, 3.8) is 0 Å². The lowest BCUT2D eigenvalue weighted by Crippen LogP contribution is -2.28. The van der Waals surface area contributed by atoms with E-state index < -0.39 is 0 Å². The summed E-state index contributed by atoms with van der Waals surface area (Å²) in [6, 6.07) is 5.48. The molecule has 0 bridgehead atoms. The molecule has 1 fully saturated rings. The summed E-state index contributed by atoms with van der Waals surface area (Å²) in [5.74, 6) is 1.45. The normalized spacial score (nSPS) is 24.3. The largest absolute Gasteiger partial charge is 0.380 e. The first-order chi connectivity index (χ1) is 8.56. The van der Waals surface area contributed by atoms with Crippen molar-refractivity contribution < 1.29 is 4.39 Å². The predicted octanol–water partition coefficient (Wildman–Crippen LogP) is 5.21. The van der Waals surface area contributed by atoms with E-state index in [1.54, 1.807) is 6.07 Å². The van der Waals surface area contributed by atoms with Crippen LogP contribution in [-0.4, -0.2) is 6.04 Å². The van der Waals surface area contributed by atoms with Crippen LogP contribution in [0.5, 0.6) is 0 Å². The Morgan fingerprint density at radius 2 is 1.89 bits per heavy atom.